The van der Waals surface area contributed by atoms with Gasteiger partial charge in [-0.1, -0.05) is 23.2 Å². The number of anilines is 1. The zero-order valence-corrected chi connectivity index (χ0v) is 17.1. The predicted octanol–water partition coefficient (Wildman–Crippen LogP) is 1.79. The lowest BCUT2D eigenvalue weighted by atomic mass is 10.2. The lowest BCUT2D eigenvalue weighted by Gasteiger charge is -2.18. The van der Waals surface area contributed by atoms with E-state index in [1.165, 1.54) is 10.8 Å². The summed E-state index contributed by atoms with van der Waals surface area (Å²) in [5, 5.41) is 17.3. The van der Waals surface area contributed by atoms with Gasteiger partial charge in [-0.3, -0.25) is 14.3 Å². The highest BCUT2D eigenvalue weighted by Gasteiger charge is 2.35. The van der Waals surface area contributed by atoms with Gasteiger partial charge in [0.2, 0.25) is 0 Å². The molecule has 3 atom stereocenters. The molecular weight excluding hydrogens is 427 g/mol. The molecule has 0 radical (unpaired) electrons. The fraction of sp³-hybridized carbons (Fsp3) is 0.353. The molecule has 1 aliphatic heterocycles. The summed E-state index contributed by atoms with van der Waals surface area (Å²) in [6.45, 7) is 1.81. The predicted molar refractivity (Wildman–Crippen MR) is 111 cm³/mol. The number of hydrogen-bond donors (Lipinski definition) is 4. The van der Waals surface area contributed by atoms with Crippen molar-refractivity contribution in [2.75, 3.05) is 11.9 Å². The highest BCUT2D eigenvalue weighted by molar-refractivity contribution is 7.80. The van der Waals surface area contributed by atoms with Crippen LogP contribution in [0.1, 0.15) is 18.2 Å². The molecule has 11 heteroatoms. The zero-order valence-electron chi connectivity index (χ0n) is 14.7. The number of hydrogen-bond acceptors (Lipinski definition) is 5. The van der Waals surface area contributed by atoms with Gasteiger partial charge < -0.3 is 20.5 Å². The third kappa shape index (κ3) is 4.73. The Balaban J connectivity index is 1.59. The minimum atomic E-state index is -0.801. The molecular formula is C17H18Cl2N4O4S. The summed E-state index contributed by atoms with van der Waals surface area (Å²) < 4.78 is 7.04. The summed E-state index contributed by atoms with van der Waals surface area (Å²) in [7, 11) is 0. The van der Waals surface area contributed by atoms with Crippen LogP contribution in [0.3, 0.4) is 0 Å². The van der Waals surface area contributed by atoms with Crippen LogP contribution in [0, 0.1) is 6.92 Å². The molecule has 0 spiro atoms. The molecule has 0 unspecified atom stereocenters. The van der Waals surface area contributed by atoms with Gasteiger partial charge in [-0.05, 0) is 37.3 Å². The van der Waals surface area contributed by atoms with Gasteiger partial charge in [0.25, 0.3) is 5.56 Å². The molecule has 150 valence electrons. The Morgan fingerprint density at radius 1 is 1.39 bits per heavy atom. The number of aromatic amines is 1. The van der Waals surface area contributed by atoms with Gasteiger partial charge in [0, 0.05) is 30.4 Å². The van der Waals surface area contributed by atoms with Crippen molar-refractivity contribution in [3.05, 3.63) is 60.8 Å². The zero-order chi connectivity index (χ0) is 20.4. The Hall–Kier alpha value is -1.91. The normalized spacial score (nSPS) is 21.5. The van der Waals surface area contributed by atoms with Gasteiger partial charge in [-0.2, -0.15) is 0 Å². The number of halogens is 2. The Kier molecular flexibility index (Phi) is 6.41. The molecule has 1 fully saturated rings. The minimum absolute atomic E-state index is 0.213. The van der Waals surface area contributed by atoms with Crippen molar-refractivity contribution >= 4 is 46.2 Å². The average Bonchev–Trinajstić information content (AvgIpc) is 3.00. The van der Waals surface area contributed by atoms with E-state index in [-0.39, 0.29) is 13.0 Å². The van der Waals surface area contributed by atoms with Crippen LogP contribution >= 0.6 is 35.4 Å². The molecule has 4 N–H and O–H groups in total. The molecule has 1 saturated heterocycles. The van der Waals surface area contributed by atoms with Crippen LogP contribution in [0.2, 0.25) is 10.0 Å². The number of rotatable bonds is 4. The van der Waals surface area contributed by atoms with Crippen LogP contribution in [-0.2, 0) is 4.74 Å². The van der Waals surface area contributed by atoms with Gasteiger partial charge in [-0.15, -0.1) is 0 Å². The van der Waals surface area contributed by atoms with Crippen molar-refractivity contribution in [2.45, 2.75) is 31.8 Å². The SMILES string of the molecule is Cc1cn([C@@H]2C[C@H](O)[C@@H](CNC(=S)Nc3ccc(Cl)c(Cl)c3)O2)c(=O)[nH]c1=O. The summed E-state index contributed by atoms with van der Waals surface area (Å²) in [5.41, 5.74) is 0.00847. The van der Waals surface area contributed by atoms with Crippen molar-refractivity contribution in [3.8, 4) is 0 Å². The summed E-state index contributed by atoms with van der Waals surface area (Å²) in [6.07, 6.45) is -0.432. The van der Waals surface area contributed by atoms with Crippen LogP contribution in [0.5, 0.6) is 0 Å². The number of ether oxygens (including phenoxy) is 1. The molecule has 2 heterocycles. The molecule has 8 nitrogen and oxygen atoms in total. The van der Waals surface area contributed by atoms with Crippen molar-refractivity contribution in [2.24, 2.45) is 0 Å². The van der Waals surface area contributed by atoms with Gasteiger partial charge in [0.1, 0.15) is 12.3 Å². The van der Waals surface area contributed by atoms with E-state index in [9.17, 15) is 14.7 Å². The van der Waals surface area contributed by atoms with Crippen LogP contribution in [0.15, 0.2) is 34.0 Å². The van der Waals surface area contributed by atoms with Gasteiger partial charge in [0.05, 0.1) is 16.1 Å². The first-order chi connectivity index (χ1) is 13.2. The first-order valence-electron chi connectivity index (χ1n) is 8.40. The van der Waals surface area contributed by atoms with E-state index >= 15 is 0 Å². The van der Waals surface area contributed by atoms with E-state index in [0.717, 1.165) is 0 Å². The third-order valence-electron chi connectivity index (χ3n) is 4.30. The van der Waals surface area contributed by atoms with E-state index in [0.29, 0.717) is 26.4 Å². The molecule has 1 aromatic heterocycles. The van der Waals surface area contributed by atoms with E-state index < -0.39 is 29.7 Å². The summed E-state index contributed by atoms with van der Waals surface area (Å²) in [5.74, 6) is 0. The lowest BCUT2D eigenvalue weighted by molar-refractivity contribution is -0.0172. The first kappa shape index (κ1) is 20.8. The van der Waals surface area contributed by atoms with Crippen molar-refractivity contribution in [3.63, 3.8) is 0 Å². The second kappa shape index (κ2) is 8.62. The number of benzene rings is 1. The fourth-order valence-corrected chi connectivity index (χ4v) is 3.31. The quantitative estimate of drug-likeness (QED) is 0.532. The standard InChI is InChI=1S/C17H18Cl2N4O4S/c1-8-7-23(17(26)22-15(8)25)14-5-12(24)13(27-14)6-20-16(28)21-9-2-3-10(18)11(19)4-9/h2-4,7,12-14,24H,5-6H2,1H3,(H2,20,21,28)(H,22,25,26)/t12-,13+,14-/m0/s1. The molecule has 1 aromatic carbocycles. The lowest BCUT2D eigenvalue weighted by Crippen LogP contribution is -2.39. The van der Waals surface area contributed by atoms with Crippen molar-refractivity contribution in [1.29, 1.82) is 0 Å². The largest absolute Gasteiger partial charge is 0.390 e. The van der Waals surface area contributed by atoms with E-state index in [1.807, 2.05) is 0 Å². The van der Waals surface area contributed by atoms with Gasteiger partial charge in [0.15, 0.2) is 5.11 Å². The molecule has 0 bridgehead atoms. The molecule has 2 aromatic rings. The number of thiocarbonyl (C=S) groups is 1. The second-order valence-corrected chi connectivity index (χ2v) is 7.60. The summed E-state index contributed by atoms with van der Waals surface area (Å²) in [6, 6.07) is 5.01. The van der Waals surface area contributed by atoms with Crippen molar-refractivity contribution in [1.82, 2.24) is 14.9 Å². The minimum Gasteiger partial charge on any atom is -0.390 e. The van der Waals surface area contributed by atoms with E-state index in [2.05, 4.69) is 15.6 Å². The van der Waals surface area contributed by atoms with Crippen LogP contribution in [0.4, 0.5) is 5.69 Å². The second-order valence-electron chi connectivity index (χ2n) is 6.37. The first-order valence-corrected chi connectivity index (χ1v) is 9.56. The fourth-order valence-electron chi connectivity index (χ4n) is 2.81. The summed E-state index contributed by atoms with van der Waals surface area (Å²) >= 11 is 17.1. The average molecular weight is 445 g/mol. The number of H-pyrrole nitrogens is 1. The smallest absolute Gasteiger partial charge is 0.330 e. The number of aromatic nitrogens is 2. The maximum absolute atomic E-state index is 12.0. The van der Waals surface area contributed by atoms with Crippen LogP contribution in [-0.4, -0.2) is 38.5 Å². The number of aryl methyl sites for hydroxylation is 1. The maximum Gasteiger partial charge on any atom is 0.330 e. The Morgan fingerprint density at radius 2 is 2.14 bits per heavy atom. The number of nitrogens with zero attached hydrogens (tertiary/aromatic N) is 1. The molecule has 0 saturated carbocycles. The Morgan fingerprint density at radius 3 is 2.86 bits per heavy atom. The third-order valence-corrected chi connectivity index (χ3v) is 5.29. The number of aliphatic hydroxyl groups is 1. The van der Waals surface area contributed by atoms with Crippen LogP contribution < -0.4 is 21.9 Å². The number of nitrogens with one attached hydrogen (secondary N) is 3. The Bertz CT molecular complexity index is 1010. The monoisotopic (exact) mass is 444 g/mol. The number of aliphatic hydroxyl groups excluding tert-OH is 1. The van der Waals surface area contributed by atoms with Crippen LogP contribution in [0.25, 0.3) is 0 Å². The highest BCUT2D eigenvalue weighted by atomic mass is 35.5. The van der Waals surface area contributed by atoms with E-state index in [4.69, 9.17) is 40.2 Å². The molecule has 0 amide bonds. The molecule has 3 rings (SSSR count). The molecule has 0 aliphatic carbocycles. The Labute approximate surface area is 175 Å². The van der Waals surface area contributed by atoms with Crippen molar-refractivity contribution < 1.29 is 9.84 Å². The van der Waals surface area contributed by atoms with Gasteiger partial charge in [-0.25, -0.2) is 4.79 Å². The molecule has 1 aliphatic rings. The molecule has 28 heavy (non-hydrogen) atoms. The topological polar surface area (TPSA) is 108 Å². The summed E-state index contributed by atoms with van der Waals surface area (Å²) in [4.78, 5) is 25.7. The maximum atomic E-state index is 12.0. The van der Waals surface area contributed by atoms with E-state index in [1.54, 1.807) is 25.1 Å². The van der Waals surface area contributed by atoms with Gasteiger partial charge >= 0.3 is 5.69 Å². The highest BCUT2D eigenvalue weighted by Crippen LogP contribution is 2.27.